The average molecular weight is 223 g/mol. The molecule has 2 N–H and O–H groups in total. The lowest BCUT2D eigenvalue weighted by Crippen LogP contribution is -2.18. The third-order valence-electron chi connectivity index (χ3n) is 3.74. The van der Waals surface area contributed by atoms with E-state index < -0.39 is 0 Å². The molecule has 1 saturated carbocycles. The topological polar surface area (TPSA) is 64.9 Å². The van der Waals surface area contributed by atoms with Gasteiger partial charge >= 0.3 is 0 Å². The quantitative estimate of drug-likeness (QED) is 0.854. The highest BCUT2D eigenvalue weighted by Crippen LogP contribution is 2.37. The maximum absolute atomic E-state index is 5.46. The summed E-state index contributed by atoms with van der Waals surface area (Å²) < 4.78 is 5.06. The molecule has 0 radical (unpaired) electrons. The molecule has 0 bridgehead atoms. The van der Waals surface area contributed by atoms with Crippen molar-refractivity contribution in [3.05, 3.63) is 11.7 Å². The zero-order valence-electron chi connectivity index (χ0n) is 10.1. The zero-order chi connectivity index (χ0) is 11.5. The normalized spacial score (nSPS) is 26.2. The number of aromatic nitrogens is 2. The van der Waals surface area contributed by atoms with Crippen LogP contribution in [0, 0.1) is 11.8 Å². The molecule has 0 atom stereocenters. The molecule has 4 nitrogen and oxygen atoms in total. The second-order valence-electron chi connectivity index (χ2n) is 5.11. The molecule has 1 aromatic heterocycles. The van der Waals surface area contributed by atoms with Crippen LogP contribution in [0.5, 0.6) is 0 Å². The molecule has 1 aliphatic rings. The number of nitrogens with two attached hydrogens (primary N) is 1. The van der Waals surface area contributed by atoms with Crippen LogP contribution in [0.25, 0.3) is 0 Å². The van der Waals surface area contributed by atoms with Gasteiger partial charge in [0.05, 0.1) is 6.54 Å². The SMILES string of the molecule is CC(C)C1CCC(c2noc(CN)n2)CC1. The van der Waals surface area contributed by atoms with Gasteiger partial charge in [-0.25, -0.2) is 0 Å². The average Bonchev–Trinajstić information content (AvgIpc) is 2.77. The maximum atomic E-state index is 5.46. The molecular formula is C12H21N3O. The Bertz CT molecular complexity index is 327. The van der Waals surface area contributed by atoms with Crippen LogP contribution >= 0.6 is 0 Å². The Morgan fingerprint density at radius 3 is 2.50 bits per heavy atom. The predicted molar refractivity (Wildman–Crippen MR) is 61.7 cm³/mol. The first kappa shape index (κ1) is 11.6. The van der Waals surface area contributed by atoms with Crippen molar-refractivity contribution in [3.8, 4) is 0 Å². The van der Waals surface area contributed by atoms with Crippen molar-refractivity contribution < 1.29 is 4.52 Å². The Hall–Kier alpha value is -0.900. The lowest BCUT2D eigenvalue weighted by atomic mass is 9.77. The minimum absolute atomic E-state index is 0.342. The molecule has 16 heavy (non-hydrogen) atoms. The van der Waals surface area contributed by atoms with E-state index in [1.807, 2.05) is 0 Å². The predicted octanol–water partition coefficient (Wildman–Crippen LogP) is 2.46. The van der Waals surface area contributed by atoms with Crippen molar-refractivity contribution >= 4 is 0 Å². The molecule has 1 heterocycles. The molecule has 0 aliphatic heterocycles. The van der Waals surface area contributed by atoms with Gasteiger partial charge in [-0.1, -0.05) is 19.0 Å². The largest absolute Gasteiger partial charge is 0.338 e. The lowest BCUT2D eigenvalue weighted by Gasteiger charge is -2.29. The highest BCUT2D eigenvalue weighted by Gasteiger charge is 2.26. The van der Waals surface area contributed by atoms with Crippen LogP contribution in [-0.2, 0) is 6.54 Å². The van der Waals surface area contributed by atoms with E-state index in [9.17, 15) is 0 Å². The molecule has 1 aliphatic carbocycles. The van der Waals surface area contributed by atoms with Crippen LogP contribution in [-0.4, -0.2) is 10.1 Å². The summed E-state index contributed by atoms with van der Waals surface area (Å²) in [6, 6.07) is 0. The van der Waals surface area contributed by atoms with Crippen molar-refractivity contribution in [3.63, 3.8) is 0 Å². The molecule has 0 aromatic carbocycles. The Morgan fingerprint density at radius 2 is 2.00 bits per heavy atom. The van der Waals surface area contributed by atoms with Gasteiger partial charge in [-0.3, -0.25) is 0 Å². The first-order valence-electron chi connectivity index (χ1n) is 6.23. The molecule has 1 aromatic rings. The summed E-state index contributed by atoms with van der Waals surface area (Å²) in [4.78, 5) is 4.32. The third-order valence-corrected chi connectivity index (χ3v) is 3.74. The van der Waals surface area contributed by atoms with Gasteiger partial charge in [0.2, 0.25) is 5.89 Å². The Balaban J connectivity index is 1.93. The van der Waals surface area contributed by atoms with E-state index in [0.29, 0.717) is 18.4 Å². The monoisotopic (exact) mass is 223 g/mol. The summed E-state index contributed by atoms with van der Waals surface area (Å²) in [6.45, 7) is 4.96. The highest BCUT2D eigenvalue weighted by atomic mass is 16.5. The first-order valence-corrected chi connectivity index (χ1v) is 6.23. The van der Waals surface area contributed by atoms with Gasteiger partial charge in [0.1, 0.15) is 0 Å². The van der Waals surface area contributed by atoms with Crippen molar-refractivity contribution in [2.75, 3.05) is 0 Å². The molecule has 0 amide bonds. The fourth-order valence-electron chi connectivity index (χ4n) is 2.56. The van der Waals surface area contributed by atoms with E-state index in [2.05, 4.69) is 24.0 Å². The Labute approximate surface area is 96.6 Å². The van der Waals surface area contributed by atoms with Gasteiger partial charge in [0, 0.05) is 5.92 Å². The minimum atomic E-state index is 0.342. The van der Waals surface area contributed by atoms with Crippen LogP contribution in [0.15, 0.2) is 4.52 Å². The number of hydrogen-bond acceptors (Lipinski definition) is 4. The summed E-state index contributed by atoms with van der Waals surface area (Å²) >= 11 is 0. The van der Waals surface area contributed by atoms with E-state index in [4.69, 9.17) is 10.3 Å². The van der Waals surface area contributed by atoms with Crippen molar-refractivity contribution in [1.82, 2.24) is 10.1 Å². The standard InChI is InChI=1S/C12H21N3O/c1-8(2)9-3-5-10(6-4-9)12-14-11(7-13)16-15-12/h8-10H,3-7,13H2,1-2H3. The smallest absolute Gasteiger partial charge is 0.240 e. The minimum Gasteiger partial charge on any atom is -0.338 e. The molecule has 4 heteroatoms. The number of hydrogen-bond donors (Lipinski definition) is 1. The summed E-state index contributed by atoms with van der Waals surface area (Å²) in [5, 5.41) is 4.01. The van der Waals surface area contributed by atoms with E-state index in [1.165, 1.54) is 25.7 Å². The highest BCUT2D eigenvalue weighted by molar-refractivity contribution is 4.97. The molecule has 0 unspecified atom stereocenters. The van der Waals surface area contributed by atoms with Gasteiger partial charge in [-0.2, -0.15) is 4.98 Å². The van der Waals surface area contributed by atoms with Gasteiger partial charge in [-0.15, -0.1) is 0 Å². The molecule has 0 spiro atoms. The van der Waals surface area contributed by atoms with E-state index in [-0.39, 0.29) is 0 Å². The summed E-state index contributed by atoms with van der Waals surface area (Å²) in [6.07, 6.45) is 4.95. The lowest BCUT2D eigenvalue weighted by molar-refractivity contribution is 0.251. The fourth-order valence-corrected chi connectivity index (χ4v) is 2.56. The molecular weight excluding hydrogens is 202 g/mol. The van der Waals surface area contributed by atoms with Crippen LogP contribution in [0.2, 0.25) is 0 Å². The van der Waals surface area contributed by atoms with Crippen molar-refractivity contribution in [2.24, 2.45) is 17.6 Å². The molecule has 2 rings (SSSR count). The Kier molecular flexibility index (Phi) is 3.59. The summed E-state index contributed by atoms with van der Waals surface area (Å²) in [5.41, 5.74) is 5.46. The molecule has 0 saturated heterocycles. The molecule has 1 fully saturated rings. The van der Waals surface area contributed by atoms with E-state index in [1.54, 1.807) is 0 Å². The summed E-state index contributed by atoms with van der Waals surface area (Å²) in [5.74, 6) is 3.57. The number of nitrogens with zero attached hydrogens (tertiary/aromatic N) is 2. The van der Waals surface area contributed by atoms with Crippen LogP contribution in [0.3, 0.4) is 0 Å². The van der Waals surface area contributed by atoms with Crippen LogP contribution in [0.1, 0.15) is 57.2 Å². The second kappa shape index (κ2) is 4.95. The van der Waals surface area contributed by atoms with Gasteiger partial charge in [0.15, 0.2) is 5.82 Å². The van der Waals surface area contributed by atoms with Crippen LogP contribution < -0.4 is 5.73 Å². The van der Waals surface area contributed by atoms with Gasteiger partial charge < -0.3 is 10.3 Å². The van der Waals surface area contributed by atoms with Gasteiger partial charge in [0.25, 0.3) is 0 Å². The van der Waals surface area contributed by atoms with E-state index in [0.717, 1.165) is 17.7 Å². The second-order valence-corrected chi connectivity index (χ2v) is 5.11. The van der Waals surface area contributed by atoms with Crippen molar-refractivity contribution in [1.29, 1.82) is 0 Å². The third kappa shape index (κ3) is 2.43. The van der Waals surface area contributed by atoms with Crippen LogP contribution in [0.4, 0.5) is 0 Å². The Morgan fingerprint density at radius 1 is 1.31 bits per heavy atom. The summed E-state index contributed by atoms with van der Waals surface area (Å²) in [7, 11) is 0. The first-order chi connectivity index (χ1) is 7.70. The van der Waals surface area contributed by atoms with Gasteiger partial charge in [-0.05, 0) is 37.5 Å². The molecule has 90 valence electrons. The maximum Gasteiger partial charge on any atom is 0.240 e. The number of rotatable bonds is 3. The fraction of sp³-hybridized carbons (Fsp3) is 0.833. The van der Waals surface area contributed by atoms with Crippen molar-refractivity contribution in [2.45, 2.75) is 52.0 Å². The van der Waals surface area contributed by atoms with E-state index >= 15 is 0 Å². The zero-order valence-corrected chi connectivity index (χ0v) is 10.1.